The number of likely N-dealkylation sites (N-methyl/N-ethyl adjacent to an activating group) is 1. The van der Waals surface area contributed by atoms with Crippen LogP contribution in [-0.2, 0) is 0 Å². The zero-order chi connectivity index (χ0) is 11.5. The van der Waals surface area contributed by atoms with E-state index in [9.17, 15) is 5.11 Å². The number of aliphatic hydroxyl groups excluding tert-OH is 1. The highest BCUT2D eigenvalue weighted by Gasteiger charge is 2.35. The van der Waals surface area contributed by atoms with Crippen LogP contribution in [0, 0.1) is 0 Å². The van der Waals surface area contributed by atoms with Crippen molar-refractivity contribution in [3.8, 4) is 0 Å². The third kappa shape index (κ3) is 2.41. The Kier molecular flexibility index (Phi) is 3.94. The Morgan fingerprint density at radius 2 is 2.00 bits per heavy atom. The predicted molar refractivity (Wildman–Crippen MR) is 60.7 cm³/mol. The topological polar surface area (TPSA) is 36.6 Å². The molecule has 0 aromatic carbocycles. The minimum atomic E-state index is -0.590. The summed E-state index contributed by atoms with van der Waals surface area (Å²) < 4.78 is 5.24. The molecule has 0 saturated carbocycles. The smallest absolute Gasteiger partial charge is 0.134 e. The van der Waals surface area contributed by atoms with Crippen molar-refractivity contribution in [2.24, 2.45) is 0 Å². The molecule has 0 fully saturated rings. The first kappa shape index (κ1) is 12.3. The lowest BCUT2D eigenvalue weighted by atomic mass is 9.93. The van der Waals surface area contributed by atoms with Gasteiger partial charge in [0.05, 0.1) is 6.26 Å². The summed E-state index contributed by atoms with van der Waals surface area (Å²) in [5, 5.41) is 10.2. The van der Waals surface area contributed by atoms with Gasteiger partial charge in [-0.3, -0.25) is 4.90 Å². The van der Waals surface area contributed by atoms with E-state index in [-0.39, 0.29) is 5.54 Å². The zero-order valence-corrected chi connectivity index (χ0v) is 10.0. The summed E-state index contributed by atoms with van der Waals surface area (Å²) in [5.74, 6) is 0.631. The van der Waals surface area contributed by atoms with Gasteiger partial charge >= 0.3 is 0 Å². The van der Waals surface area contributed by atoms with Crippen LogP contribution in [0.4, 0.5) is 0 Å². The molecule has 0 spiro atoms. The van der Waals surface area contributed by atoms with Crippen molar-refractivity contribution >= 4 is 0 Å². The fourth-order valence-corrected chi connectivity index (χ4v) is 2.01. The van der Waals surface area contributed by atoms with Gasteiger partial charge in [-0.2, -0.15) is 0 Å². The van der Waals surface area contributed by atoms with E-state index in [0.29, 0.717) is 5.76 Å². The standard InChI is InChI=1S/C12H21NO2/c1-5-13(6-2)12(3,4)11(14)10-8-7-9-15-10/h7-9,11,14H,5-6H2,1-4H3. The van der Waals surface area contributed by atoms with Gasteiger partial charge in [0.2, 0.25) is 0 Å². The lowest BCUT2D eigenvalue weighted by Gasteiger charge is -2.40. The highest BCUT2D eigenvalue weighted by Crippen LogP contribution is 2.30. The molecule has 1 atom stereocenters. The average Bonchev–Trinajstić information content (AvgIpc) is 2.70. The van der Waals surface area contributed by atoms with Crippen LogP contribution in [-0.4, -0.2) is 28.6 Å². The van der Waals surface area contributed by atoms with Crippen LogP contribution < -0.4 is 0 Å². The van der Waals surface area contributed by atoms with Crippen molar-refractivity contribution in [1.82, 2.24) is 4.90 Å². The summed E-state index contributed by atoms with van der Waals surface area (Å²) in [7, 11) is 0. The summed E-state index contributed by atoms with van der Waals surface area (Å²) >= 11 is 0. The molecule has 3 nitrogen and oxygen atoms in total. The zero-order valence-electron chi connectivity index (χ0n) is 10.0. The van der Waals surface area contributed by atoms with Gasteiger partial charge < -0.3 is 9.52 Å². The molecule has 0 aliphatic rings. The van der Waals surface area contributed by atoms with E-state index in [1.165, 1.54) is 0 Å². The Bertz CT molecular complexity index is 276. The Labute approximate surface area is 91.7 Å². The number of nitrogens with zero attached hydrogens (tertiary/aromatic N) is 1. The molecular formula is C12H21NO2. The maximum Gasteiger partial charge on any atom is 0.134 e. The number of rotatable bonds is 5. The fourth-order valence-electron chi connectivity index (χ4n) is 2.01. The van der Waals surface area contributed by atoms with E-state index < -0.39 is 6.10 Å². The molecule has 0 amide bonds. The van der Waals surface area contributed by atoms with Gasteiger partial charge in [0, 0.05) is 5.54 Å². The highest BCUT2D eigenvalue weighted by atomic mass is 16.4. The molecule has 15 heavy (non-hydrogen) atoms. The largest absolute Gasteiger partial charge is 0.467 e. The second-order valence-electron chi connectivity index (χ2n) is 4.24. The SMILES string of the molecule is CCN(CC)C(C)(C)C(O)c1ccco1. The molecule has 86 valence electrons. The Morgan fingerprint density at radius 1 is 1.40 bits per heavy atom. The summed E-state index contributed by atoms with van der Waals surface area (Å²) in [6.45, 7) is 10.1. The first-order valence-electron chi connectivity index (χ1n) is 5.50. The third-order valence-corrected chi connectivity index (χ3v) is 3.06. The summed E-state index contributed by atoms with van der Waals surface area (Å²) in [4.78, 5) is 2.22. The molecule has 3 heteroatoms. The molecule has 0 aliphatic carbocycles. The van der Waals surface area contributed by atoms with E-state index in [1.807, 2.05) is 19.9 Å². The lowest BCUT2D eigenvalue weighted by molar-refractivity contribution is -0.0179. The quantitative estimate of drug-likeness (QED) is 0.812. The highest BCUT2D eigenvalue weighted by molar-refractivity contribution is 5.08. The van der Waals surface area contributed by atoms with Gasteiger partial charge in [-0.25, -0.2) is 0 Å². The monoisotopic (exact) mass is 211 g/mol. The van der Waals surface area contributed by atoms with E-state index in [1.54, 1.807) is 12.3 Å². The van der Waals surface area contributed by atoms with Gasteiger partial charge in [0.1, 0.15) is 11.9 Å². The molecule has 1 unspecified atom stereocenters. The van der Waals surface area contributed by atoms with E-state index in [4.69, 9.17) is 4.42 Å². The Morgan fingerprint density at radius 3 is 2.40 bits per heavy atom. The number of aliphatic hydroxyl groups is 1. The first-order valence-corrected chi connectivity index (χ1v) is 5.50. The van der Waals surface area contributed by atoms with Crippen LogP contribution in [0.25, 0.3) is 0 Å². The second kappa shape index (κ2) is 4.81. The van der Waals surface area contributed by atoms with Gasteiger partial charge in [0.25, 0.3) is 0 Å². The minimum absolute atomic E-state index is 0.304. The molecule has 1 aromatic rings. The molecular weight excluding hydrogens is 190 g/mol. The molecule has 1 rings (SSSR count). The van der Waals surface area contributed by atoms with Crippen molar-refractivity contribution in [3.63, 3.8) is 0 Å². The molecule has 1 N–H and O–H groups in total. The normalized spacial score (nSPS) is 14.5. The molecule has 0 saturated heterocycles. The van der Waals surface area contributed by atoms with Gasteiger partial charge in [-0.1, -0.05) is 13.8 Å². The van der Waals surface area contributed by atoms with Crippen molar-refractivity contribution in [2.75, 3.05) is 13.1 Å². The van der Waals surface area contributed by atoms with Crippen molar-refractivity contribution < 1.29 is 9.52 Å². The van der Waals surface area contributed by atoms with Crippen molar-refractivity contribution in [2.45, 2.75) is 39.3 Å². The van der Waals surface area contributed by atoms with E-state index in [2.05, 4.69) is 18.7 Å². The van der Waals surface area contributed by atoms with Crippen LogP contribution in [0.5, 0.6) is 0 Å². The van der Waals surface area contributed by atoms with Crippen LogP contribution in [0.3, 0.4) is 0 Å². The van der Waals surface area contributed by atoms with Crippen LogP contribution >= 0.6 is 0 Å². The number of hydrogen-bond acceptors (Lipinski definition) is 3. The first-order chi connectivity index (χ1) is 7.04. The summed E-state index contributed by atoms with van der Waals surface area (Å²) in [6.07, 6.45) is 1.00. The van der Waals surface area contributed by atoms with Gasteiger partial charge in [-0.15, -0.1) is 0 Å². The van der Waals surface area contributed by atoms with Gasteiger partial charge in [0.15, 0.2) is 0 Å². The van der Waals surface area contributed by atoms with Crippen LogP contribution in [0.2, 0.25) is 0 Å². The van der Waals surface area contributed by atoms with E-state index >= 15 is 0 Å². The maximum atomic E-state index is 10.2. The molecule has 0 aliphatic heterocycles. The van der Waals surface area contributed by atoms with Crippen LogP contribution in [0.1, 0.15) is 39.6 Å². The van der Waals surface area contributed by atoms with Gasteiger partial charge in [-0.05, 0) is 39.1 Å². The Hall–Kier alpha value is -0.800. The fraction of sp³-hybridized carbons (Fsp3) is 0.667. The number of hydrogen-bond donors (Lipinski definition) is 1. The minimum Gasteiger partial charge on any atom is -0.467 e. The molecule has 0 bridgehead atoms. The van der Waals surface area contributed by atoms with Crippen molar-refractivity contribution in [1.29, 1.82) is 0 Å². The second-order valence-corrected chi connectivity index (χ2v) is 4.24. The molecule has 0 radical (unpaired) electrons. The molecule has 1 heterocycles. The summed E-state index contributed by atoms with van der Waals surface area (Å²) in [6, 6.07) is 3.62. The lowest BCUT2D eigenvalue weighted by Crippen LogP contribution is -2.48. The Balaban J connectivity index is 2.85. The summed E-state index contributed by atoms with van der Waals surface area (Å²) in [5.41, 5.74) is -0.304. The van der Waals surface area contributed by atoms with Crippen molar-refractivity contribution in [3.05, 3.63) is 24.2 Å². The predicted octanol–water partition coefficient (Wildman–Crippen LogP) is 2.43. The number of furan rings is 1. The average molecular weight is 211 g/mol. The third-order valence-electron chi connectivity index (χ3n) is 3.06. The van der Waals surface area contributed by atoms with Crippen LogP contribution in [0.15, 0.2) is 22.8 Å². The maximum absolute atomic E-state index is 10.2. The van der Waals surface area contributed by atoms with E-state index in [0.717, 1.165) is 13.1 Å². The molecule has 1 aromatic heterocycles.